The van der Waals surface area contributed by atoms with Crippen LogP contribution in [0, 0.1) is 17.0 Å². The molecule has 0 spiro atoms. The van der Waals surface area contributed by atoms with Crippen LogP contribution >= 0.6 is 0 Å². The zero-order valence-corrected chi connectivity index (χ0v) is 25.1. The van der Waals surface area contributed by atoms with Gasteiger partial charge in [0.15, 0.2) is 5.78 Å². The monoisotopic (exact) mass is 607 g/mol. The molecule has 0 aliphatic carbocycles. The van der Waals surface area contributed by atoms with Crippen LogP contribution in [-0.2, 0) is 7.05 Å². The van der Waals surface area contributed by atoms with Gasteiger partial charge in [0, 0.05) is 52.6 Å². The molecule has 4 aromatic carbocycles. The smallest absolute Gasteiger partial charge is 0.343 e. The van der Waals surface area contributed by atoms with E-state index in [0.29, 0.717) is 16.6 Å². The molecule has 1 N–H and O–H groups in total. The van der Waals surface area contributed by atoms with Gasteiger partial charge >= 0.3 is 5.97 Å². The number of aromatic nitrogens is 2. The van der Waals surface area contributed by atoms with E-state index in [2.05, 4.69) is 66.1 Å². The van der Waals surface area contributed by atoms with Gasteiger partial charge in [0.1, 0.15) is 5.56 Å². The van der Waals surface area contributed by atoms with Crippen molar-refractivity contribution in [3.8, 4) is 22.4 Å². The molecule has 0 aliphatic heterocycles. The van der Waals surface area contributed by atoms with Gasteiger partial charge in [-0.05, 0) is 48.4 Å². The summed E-state index contributed by atoms with van der Waals surface area (Å²) >= 11 is 0. The minimum atomic E-state index is -1.52. The molecule has 226 valence electrons. The van der Waals surface area contributed by atoms with Gasteiger partial charge < -0.3 is 14.1 Å². The lowest BCUT2D eigenvalue weighted by molar-refractivity contribution is -0.385. The van der Waals surface area contributed by atoms with Crippen LogP contribution in [0.3, 0.4) is 0 Å². The average molecular weight is 608 g/mol. The van der Waals surface area contributed by atoms with Crippen molar-refractivity contribution in [2.24, 2.45) is 7.05 Å². The molecule has 0 amide bonds. The quantitative estimate of drug-likeness (QED) is 0.116. The molecule has 7 aromatic rings. The summed E-state index contributed by atoms with van der Waals surface area (Å²) in [6.07, 6.45) is 2.19. The van der Waals surface area contributed by atoms with Crippen molar-refractivity contribution in [2.75, 3.05) is 0 Å². The number of ketones is 1. The molecular weight excluding hydrogens is 578 g/mol. The number of rotatable bonds is 6. The van der Waals surface area contributed by atoms with Crippen LogP contribution < -0.4 is 0 Å². The molecule has 3 heterocycles. The summed E-state index contributed by atoms with van der Waals surface area (Å²) in [4.78, 5) is 36.1. The number of hydrogen-bond donors (Lipinski definition) is 1. The SMILES string of the molecule is Cc1cccc2cc(-c3ccccc3)cn12.Cn1c(-c2ccccc2)c(C(=O)c2cccc([N+](=O)[O-])c2C(=O)O)c2ccccc21. The van der Waals surface area contributed by atoms with E-state index in [9.17, 15) is 24.8 Å². The number of nitro benzene ring substituents is 1. The number of hydrogen-bond acceptors (Lipinski definition) is 4. The maximum absolute atomic E-state index is 13.7. The first-order valence-corrected chi connectivity index (χ1v) is 14.6. The van der Waals surface area contributed by atoms with E-state index < -0.39 is 27.9 Å². The molecule has 46 heavy (non-hydrogen) atoms. The Balaban J connectivity index is 0.000000194. The summed E-state index contributed by atoms with van der Waals surface area (Å²) in [7, 11) is 1.83. The number of para-hydroxylation sites is 1. The molecule has 3 aromatic heterocycles. The Morgan fingerprint density at radius 3 is 2.00 bits per heavy atom. The van der Waals surface area contributed by atoms with Crippen LogP contribution in [-0.4, -0.2) is 30.8 Å². The van der Waals surface area contributed by atoms with Crippen molar-refractivity contribution in [3.05, 3.63) is 166 Å². The number of fused-ring (bicyclic) bond motifs is 2. The number of carbonyl (C=O) groups is 2. The number of carboxylic acids is 1. The van der Waals surface area contributed by atoms with Crippen LogP contribution in [0.5, 0.6) is 0 Å². The number of pyridine rings is 1. The van der Waals surface area contributed by atoms with E-state index in [0.717, 1.165) is 17.1 Å². The lowest BCUT2D eigenvalue weighted by Crippen LogP contribution is -2.13. The minimum absolute atomic E-state index is 0.217. The Kier molecular flexibility index (Phi) is 8.01. The number of benzene rings is 4. The molecular formula is C38H29N3O5. The third kappa shape index (κ3) is 5.44. The number of aromatic carboxylic acids is 1. The zero-order chi connectivity index (χ0) is 32.4. The predicted octanol–water partition coefficient (Wildman–Crippen LogP) is 8.60. The molecule has 0 atom stereocenters. The molecule has 0 bridgehead atoms. The van der Waals surface area contributed by atoms with Crippen LogP contribution in [0.25, 0.3) is 38.8 Å². The second-order valence-electron chi connectivity index (χ2n) is 10.8. The highest BCUT2D eigenvalue weighted by atomic mass is 16.6. The fraction of sp³-hybridized carbons (Fsp3) is 0.0526. The van der Waals surface area contributed by atoms with E-state index in [-0.39, 0.29) is 5.56 Å². The van der Waals surface area contributed by atoms with Crippen molar-refractivity contribution in [2.45, 2.75) is 6.92 Å². The molecule has 7 rings (SSSR count). The van der Waals surface area contributed by atoms with Gasteiger partial charge in [-0.3, -0.25) is 14.9 Å². The topological polar surface area (TPSA) is 107 Å². The lowest BCUT2D eigenvalue weighted by Gasteiger charge is -2.10. The summed E-state index contributed by atoms with van der Waals surface area (Å²) < 4.78 is 4.10. The number of aryl methyl sites for hydroxylation is 2. The highest BCUT2D eigenvalue weighted by Crippen LogP contribution is 2.36. The number of nitro groups is 1. The van der Waals surface area contributed by atoms with Crippen LogP contribution in [0.1, 0.15) is 32.0 Å². The van der Waals surface area contributed by atoms with Gasteiger partial charge in [-0.1, -0.05) is 91.0 Å². The Morgan fingerprint density at radius 1 is 0.717 bits per heavy atom. The normalized spacial score (nSPS) is 10.8. The number of carboxylic acid groups (broad SMARTS) is 1. The van der Waals surface area contributed by atoms with Gasteiger partial charge in [-0.25, -0.2) is 4.79 Å². The van der Waals surface area contributed by atoms with Crippen LogP contribution in [0.2, 0.25) is 0 Å². The maximum Gasteiger partial charge on any atom is 0.343 e. The third-order valence-corrected chi connectivity index (χ3v) is 8.02. The summed E-state index contributed by atoms with van der Waals surface area (Å²) in [5, 5.41) is 21.6. The molecule has 0 radical (unpaired) electrons. The summed E-state index contributed by atoms with van der Waals surface area (Å²) in [6, 6.07) is 39.3. The Labute approximate surface area is 264 Å². The molecule has 0 saturated carbocycles. The Bertz CT molecular complexity index is 2250. The van der Waals surface area contributed by atoms with Crippen molar-refractivity contribution >= 4 is 33.9 Å². The standard InChI is InChI=1S/C23H16N2O5.C15H13N/c1-24-17-12-6-5-10-15(17)20(21(24)14-8-3-2-4-9-14)22(26)16-11-7-13-18(25(29)30)19(16)23(27)28;1-12-6-5-9-15-10-14(11-16(12)15)13-7-3-2-4-8-13/h2-13H,1H3,(H,27,28);2-11H,1H3. The van der Waals surface area contributed by atoms with Gasteiger partial charge in [0.25, 0.3) is 5.69 Å². The van der Waals surface area contributed by atoms with Crippen molar-refractivity contribution in [1.82, 2.24) is 8.97 Å². The first-order valence-electron chi connectivity index (χ1n) is 14.6. The third-order valence-electron chi connectivity index (χ3n) is 8.02. The molecule has 0 aliphatic rings. The number of nitrogens with zero attached hydrogens (tertiary/aromatic N) is 3. The fourth-order valence-electron chi connectivity index (χ4n) is 5.87. The minimum Gasteiger partial charge on any atom is -0.477 e. The fourth-order valence-corrected chi connectivity index (χ4v) is 5.87. The largest absolute Gasteiger partial charge is 0.477 e. The predicted molar refractivity (Wildman–Crippen MR) is 179 cm³/mol. The highest BCUT2D eigenvalue weighted by Gasteiger charge is 2.31. The van der Waals surface area contributed by atoms with E-state index in [1.165, 1.54) is 34.5 Å². The second-order valence-corrected chi connectivity index (χ2v) is 10.8. The zero-order valence-electron chi connectivity index (χ0n) is 25.1. The van der Waals surface area contributed by atoms with Crippen LogP contribution in [0.15, 0.2) is 134 Å². The van der Waals surface area contributed by atoms with E-state index >= 15 is 0 Å². The van der Waals surface area contributed by atoms with Gasteiger partial charge in [0.05, 0.1) is 16.2 Å². The highest BCUT2D eigenvalue weighted by molar-refractivity contribution is 6.23. The average Bonchev–Trinajstić information content (AvgIpc) is 3.65. The van der Waals surface area contributed by atoms with Gasteiger partial charge in [-0.2, -0.15) is 0 Å². The van der Waals surface area contributed by atoms with Crippen LogP contribution in [0.4, 0.5) is 5.69 Å². The second kappa shape index (κ2) is 12.4. The van der Waals surface area contributed by atoms with Gasteiger partial charge in [0.2, 0.25) is 0 Å². The Hall–Kier alpha value is -6.28. The van der Waals surface area contributed by atoms with Crippen molar-refractivity contribution < 1.29 is 19.6 Å². The van der Waals surface area contributed by atoms with E-state index in [1.54, 1.807) is 12.1 Å². The number of carbonyl (C=O) groups excluding carboxylic acids is 1. The van der Waals surface area contributed by atoms with Crippen molar-refractivity contribution in [3.63, 3.8) is 0 Å². The van der Waals surface area contributed by atoms with E-state index in [1.807, 2.05) is 60.1 Å². The maximum atomic E-state index is 13.7. The molecule has 8 heteroatoms. The summed E-state index contributed by atoms with van der Waals surface area (Å²) in [5.41, 5.74) is 6.11. The first-order chi connectivity index (χ1) is 22.3. The van der Waals surface area contributed by atoms with Gasteiger partial charge in [-0.15, -0.1) is 0 Å². The molecule has 8 nitrogen and oxygen atoms in total. The summed E-state index contributed by atoms with van der Waals surface area (Å²) in [6.45, 7) is 2.13. The molecule has 0 saturated heterocycles. The molecule has 0 unspecified atom stereocenters. The van der Waals surface area contributed by atoms with E-state index in [4.69, 9.17) is 0 Å². The van der Waals surface area contributed by atoms with Crippen molar-refractivity contribution in [1.29, 1.82) is 0 Å². The lowest BCUT2D eigenvalue weighted by atomic mass is 9.93. The first kappa shape index (κ1) is 29.8. The Morgan fingerprint density at radius 2 is 1.35 bits per heavy atom. The molecule has 0 fully saturated rings. The summed E-state index contributed by atoms with van der Waals surface area (Å²) in [5.74, 6) is -2.10.